The predicted molar refractivity (Wildman–Crippen MR) is 135 cm³/mol. The van der Waals surface area contributed by atoms with Gasteiger partial charge in [-0.25, -0.2) is 0 Å². The van der Waals surface area contributed by atoms with Gasteiger partial charge in [-0.15, -0.1) is 0 Å². The highest BCUT2D eigenvalue weighted by atomic mass is 31.2. The first kappa shape index (κ1) is 29.0. The molecule has 0 aliphatic heterocycles. The van der Waals surface area contributed by atoms with Crippen LogP contribution in [-0.4, -0.2) is 50.5 Å². The molecule has 0 heterocycles. The van der Waals surface area contributed by atoms with Crippen LogP contribution in [0.1, 0.15) is 38.3 Å². The second kappa shape index (κ2) is 13.2. The summed E-state index contributed by atoms with van der Waals surface area (Å²) in [5.74, 6) is -3.50. The zero-order valence-electron chi connectivity index (χ0n) is 20.5. The molecular weight excluding hydrogens is 485 g/mol. The van der Waals surface area contributed by atoms with Crippen LogP contribution in [0.4, 0.5) is 0 Å². The maximum atomic E-state index is 13.3. The number of aromatic hydroxyl groups is 1. The van der Waals surface area contributed by atoms with E-state index >= 15 is 0 Å². The Labute approximate surface area is 210 Å². The van der Waals surface area contributed by atoms with E-state index < -0.39 is 43.2 Å². The molecule has 3 amide bonds. The maximum absolute atomic E-state index is 13.3. The van der Waals surface area contributed by atoms with Gasteiger partial charge < -0.3 is 30.8 Å². The molecule has 4 unspecified atom stereocenters. The number of phenols is 1. The number of nitrogens with one attached hydrogen (secondary N) is 3. The first-order valence-corrected chi connectivity index (χ1v) is 13.3. The van der Waals surface area contributed by atoms with Crippen molar-refractivity contribution in [3.63, 3.8) is 0 Å². The molecule has 0 bridgehead atoms. The molecule has 0 aromatic heterocycles. The van der Waals surface area contributed by atoms with Crippen LogP contribution in [0, 0.1) is 5.92 Å². The summed E-state index contributed by atoms with van der Waals surface area (Å²) in [6.07, 6.45) is 0.476. The van der Waals surface area contributed by atoms with Crippen molar-refractivity contribution in [2.45, 2.75) is 57.9 Å². The standard InChI is InChI=1S/C25H34N3O7P/c1-4-16(2)23(26-17(3)29)25(32)27-21(14-18-8-6-5-7-9-18)24(31)28-22(36(33,34)35)15-19-10-12-20(30)13-11-19/h5-13,16,21-23,30H,4,14-15H2,1-3H3,(H,26,29)(H,27,32)(H,28,31)(H2,33,34,35). The molecule has 196 valence electrons. The fourth-order valence-electron chi connectivity index (χ4n) is 3.62. The minimum atomic E-state index is -4.79. The van der Waals surface area contributed by atoms with Crippen LogP contribution in [-0.2, 0) is 31.8 Å². The highest BCUT2D eigenvalue weighted by molar-refractivity contribution is 7.52. The van der Waals surface area contributed by atoms with Gasteiger partial charge in [0.1, 0.15) is 23.6 Å². The van der Waals surface area contributed by atoms with Gasteiger partial charge >= 0.3 is 7.60 Å². The molecular formula is C25H34N3O7P. The third-order valence-electron chi connectivity index (χ3n) is 5.85. The summed E-state index contributed by atoms with van der Waals surface area (Å²) in [6, 6.07) is 12.6. The topological polar surface area (TPSA) is 165 Å². The van der Waals surface area contributed by atoms with Crippen LogP contribution >= 0.6 is 7.60 Å². The number of hydrogen-bond donors (Lipinski definition) is 6. The normalized spacial score (nSPS) is 14.7. The van der Waals surface area contributed by atoms with E-state index in [9.17, 15) is 33.8 Å². The summed E-state index contributed by atoms with van der Waals surface area (Å²) in [4.78, 5) is 57.8. The Morgan fingerprint density at radius 1 is 0.861 bits per heavy atom. The zero-order chi connectivity index (χ0) is 26.9. The van der Waals surface area contributed by atoms with E-state index in [1.807, 2.05) is 6.92 Å². The number of hydrogen-bond acceptors (Lipinski definition) is 5. The van der Waals surface area contributed by atoms with E-state index in [0.29, 0.717) is 12.0 Å². The Balaban J connectivity index is 2.29. The van der Waals surface area contributed by atoms with Gasteiger partial charge in [0.05, 0.1) is 0 Å². The van der Waals surface area contributed by atoms with E-state index in [4.69, 9.17) is 0 Å². The number of benzene rings is 2. The van der Waals surface area contributed by atoms with Crippen molar-refractivity contribution in [3.05, 3.63) is 65.7 Å². The van der Waals surface area contributed by atoms with E-state index in [0.717, 1.165) is 5.56 Å². The van der Waals surface area contributed by atoms with E-state index in [-0.39, 0.29) is 24.5 Å². The Hall–Kier alpha value is -3.20. The molecule has 0 saturated heterocycles. The van der Waals surface area contributed by atoms with Gasteiger partial charge in [0.15, 0.2) is 0 Å². The van der Waals surface area contributed by atoms with E-state index in [2.05, 4.69) is 16.0 Å². The Kier molecular flexibility index (Phi) is 10.6. The Morgan fingerprint density at radius 2 is 1.44 bits per heavy atom. The maximum Gasteiger partial charge on any atom is 0.347 e. The van der Waals surface area contributed by atoms with E-state index in [1.165, 1.54) is 31.2 Å². The lowest BCUT2D eigenvalue weighted by Crippen LogP contribution is -2.57. The minimum absolute atomic E-state index is 0.00353. The SMILES string of the molecule is CCC(C)C(NC(C)=O)C(=O)NC(Cc1ccccc1)C(=O)NC(Cc1ccc(O)cc1)P(=O)(O)O. The molecule has 11 heteroatoms. The van der Waals surface area contributed by atoms with Gasteiger partial charge in [0.25, 0.3) is 0 Å². The van der Waals surface area contributed by atoms with Crippen molar-refractivity contribution in [1.29, 1.82) is 0 Å². The smallest absolute Gasteiger partial charge is 0.347 e. The summed E-state index contributed by atoms with van der Waals surface area (Å²) >= 11 is 0. The molecule has 0 fully saturated rings. The molecule has 0 saturated carbocycles. The summed E-state index contributed by atoms with van der Waals surface area (Å²) in [6.45, 7) is 4.97. The fourth-order valence-corrected chi connectivity index (χ4v) is 4.36. The average molecular weight is 520 g/mol. The average Bonchev–Trinajstić information content (AvgIpc) is 2.82. The second-order valence-electron chi connectivity index (χ2n) is 8.80. The van der Waals surface area contributed by atoms with Crippen molar-refractivity contribution in [1.82, 2.24) is 16.0 Å². The van der Waals surface area contributed by atoms with Gasteiger partial charge in [-0.05, 0) is 29.2 Å². The van der Waals surface area contributed by atoms with Crippen molar-refractivity contribution in [2.75, 3.05) is 0 Å². The molecule has 36 heavy (non-hydrogen) atoms. The van der Waals surface area contributed by atoms with Gasteiger partial charge in [0, 0.05) is 19.8 Å². The van der Waals surface area contributed by atoms with Crippen molar-refractivity contribution >= 4 is 25.3 Å². The van der Waals surface area contributed by atoms with Crippen LogP contribution in [0.3, 0.4) is 0 Å². The monoisotopic (exact) mass is 519 g/mol. The third kappa shape index (κ3) is 9.11. The molecule has 6 N–H and O–H groups in total. The number of carbonyl (C=O) groups is 3. The molecule has 0 radical (unpaired) electrons. The summed E-state index contributed by atoms with van der Waals surface area (Å²) in [7, 11) is -4.79. The van der Waals surface area contributed by atoms with Crippen molar-refractivity contribution < 1.29 is 33.8 Å². The number of amides is 3. The molecule has 4 atom stereocenters. The number of rotatable bonds is 12. The summed E-state index contributed by atoms with van der Waals surface area (Å²) in [5.41, 5.74) is 1.22. The highest BCUT2D eigenvalue weighted by Gasteiger charge is 2.34. The Morgan fingerprint density at radius 3 is 1.97 bits per heavy atom. The molecule has 2 rings (SSSR count). The largest absolute Gasteiger partial charge is 0.508 e. The van der Waals surface area contributed by atoms with Gasteiger partial charge in [-0.3, -0.25) is 18.9 Å². The van der Waals surface area contributed by atoms with Crippen molar-refractivity contribution in [3.8, 4) is 5.75 Å². The lowest BCUT2D eigenvalue weighted by atomic mass is 9.97. The summed E-state index contributed by atoms with van der Waals surface area (Å²) in [5, 5.41) is 17.1. The summed E-state index contributed by atoms with van der Waals surface area (Å²) < 4.78 is 12.2. The number of phenolic OH excluding ortho intramolecular Hbond substituents is 1. The molecule has 0 aliphatic carbocycles. The second-order valence-corrected chi connectivity index (χ2v) is 10.6. The van der Waals surface area contributed by atoms with Gasteiger partial charge in [-0.2, -0.15) is 0 Å². The quantitative estimate of drug-likeness (QED) is 0.233. The van der Waals surface area contributed by atoms with E-state index in [1.54, 1.807) is 37.3 Å². The van der Waals surface area contributed by atoms with Crippen molar-refractivity contribution in [2.24, 2.45) is 5.92 Å². The lowest BCUT2D eigenvalue weighted by molar-refractivity contribution is -0.132. The third-order valence-corrected chi connectivity index (χ3v) is 6.97. The lowest BCUT2D eigenvalue weighted by Gasteiger charge is -2.28. The van der Waals surface area contributed by atoms with Crippen LogP contribution in [0.15, 0.2) is 54.6 Å². The fraction of sp³-hybridized carbons (Fsp3) is 0.400. The van der Waals surface area contributed by atoms with Crippen LogP contribution < -0.4 is 16.0 Å². The molecule has 2 aromatic rings. The van der Waals surface area contributed by atoms with Gasteiger partial charge in [-0.1, -0.05) is 62.7 Å². The first-order chi connectivity index (χ1) is 16.9. The first-order valence-electron chi connectivity index (χ1n) is 11.7. The minimum Gasteiger partial charge on any atom is -0.508 e. The molecule has 2 aromatic carbocycles. The molecule has 0 aliphatic rings. The Bertz CT molecular complexity index is 1070. The van der Waals surface area contributed by atoms with Crippen LogP contribution in [0.25, 0.3) is 0 Å². The zero-order valence-corrected chi connectivity index (χ0v) is 21.4. The number of carbonyl (C=O) groups excluding carboxylic acids is 3. The van der Waals surface area contributed by atoms with Crippen LogP contribution in [0.5, 0.6) is 5.75 Å². The van der Waals surface area contributed by atoms with Crippen LogP contribution in [0.2, 0.25) is 0 Å². The van der Waals surface area contributed by atoms with Gasteiger partial charge in [0.2, 0.25) is 17.7 Å². The predicted octanol–water partition coefficient (Wildman–Crippen LogP) is 1.83. The highest BCUT2D eigenvalue weighted by Crippen LogP contribution is 2.41. The molecule has 0 spiro atoms. The molecule has 10 nitrogen and oxygen atoms in total.